The first-order valence-electron chi connectivity index (χ1n) is 9.38. The minimum atomic E-state index is -0.163. The Morgan fingerprint density at radius 2 is 2.07 bits per heavy atom. The van der Waals surface area contributed by atoms with Crippen LogP contribution in [0.3, 0.4) is 0 Å². The SMILES string of the molecule is CCOc1ccc(-c2nc(C)c(C(=O)N3CCC[C@H]3c3nnc(C)o3)s2)cc1. The van der Waals surface area contributed by atoms with E-state index in [0.29, 0.717) is 29.8 Å². The van der Waals surface area contributed by atoms with Crippen LogP contribution in [-0.4, -0.2) is 39.1 Å². The van der Waals surface area contributed by atoms with Crippen molar-refractivity contribution in [1.82, 2.24) is 20.1 Å². The molecular weight excluding hydrogens is 376 g/mol. The fraction of sp³-hybridized carbons (Fsp3) is 0.400. The van der Waals surface area contributed by atoms with Gasteiger partial charge in [0.2, 0.25) is 11.8 Å². The average molecular weight is 398 g/mol. The van der Waals surface area contributed by atoms with Crippen LogP contribution in [0.4, 0.5) is 0 Å². The molecule has 1 saturated heterocycles. The molecule has 1 atom stereocenters. The standard InChI is InChI=1S/C20H22N4O3S/c1-4-26-15-9-7-14(8-10-15)19-21-12(2)17(28-19)20(25)24-11-5-6-16(24)18-23-22-13(3)27-18/h7-10,16H,4-6,11H2,1-3H3/t16-/m0/s1. The molecule has 1 aliphatic rings. The molecule has 1 fully saturated rings. The zero-order chi connectivity index (χ0) is 19.7. The molecule has 0 spiro atoms. The predicted molar refractivity (Wildman–Crippen MR) is 106 cm³/mol. The molecule has 3 heterocycles. The number of amides is 1. The van der Waals surface area contributed by atoms with Gasteiger partial charge in [0, 0.05) is 19.0 Å². The maximum absolute atomic E-state index is 13.2. The first-order chi connectivity index (χ1) is 13.6. The zero-order valence-electron chi connectivity index (χ0n) is 16.1. The normalized spacial score (nSPS) is 16.5. The van der Waals surface area contributed by atoms with Gasteiger partial charge in [-0.2, -0.15) is 0 Å². The fourth-order valence-electron chi connectivity index (χ4n) is 3.42. The van der Waals surface area contributed by atoms with Gasteiger partial charge in [-0.3, -0.25) is 4.79 Å². The molecule has 1 aromatic carbocycles. The lowest BCUT2D eigenvalue weighted by Crippen LogP contribution is -2.30. The second kappa shape index (κ2) is 7.71. The van der Waals surface area contributed by atoms with Crippen LogP contribution in [-0.2, 0) is 0 Å². The van der Waals surface area contributed by atoms with Crippen molar-refractivity contribution in [2.75, 3.05) is 13.2 Å². The van der Waals surface area contributed by atoms with Crippen LogP contribution in [0.25, 0.3) is 10.6 Å². The van der Waals surface area contributed by atoms with Crippen LogP contribution in [0.1, 0.15) is 53.0 Å². The van der Waals surface area contributed by atoms with Gasteiger partial charge >= 0.3 is 0 Å². The number of benzene rings is 1. The number of carbonyl (C=O) groups is 1. The van der Waals surface area contributed by atoms with Crippen molar-refractivity contribution in [3.63, 3.8) is 0 Å². The van der Waals surface area contributed by atoms with Gasteiger partial charge in [-0.1, -0.05) is 0 Å². The van der Waals surface area contributed by atoms with E-state index in [1.807, 2.05) is 43.0 Å². The largest absolute Gasteiger partial charge is 0.494 e. The lowest BCUT2D eigenvalue weighted by molar-refractivity contribution is 0.0718. The van der Waals surface area contributed by atoms with E-state index in [9.17, 15) is 4.79 Å². The quantitative estimate of drug-likeness (QED) is 0.641. The van der Waals surface area contributed by atoms with E-state index in [1.54, 1.807) is 6.92 Å². The number of hydrogen-bond donors (Lipinski definition) is 0. The van der Waals surface area contributed by atoms with E-state index in [0.717, 1.165) is 34.9 Å². The Morgan fingerprint density at radius 1 is 1.29 bits per heavy atom. The van der Waals surface area contributed by atoms with Gasteiger partial charge in [-0.15, -0.1) is 21.5 Å². The van der Waals surface area contributed by atoms with E-state index in [1.165, 1.54) is 11.3 Å². The minimum absolute atomic E-state index is 0.0226. The number of aryl methyl sites for hydroxylation is 2. The number of likely N-dealkylation sites (tertiary alicyclic amines) is 1. The molecule has 0 N–H and O–H groups in total. The van der Waals surface area contributed by atoms with Crippen molar-refractivity contribution in [3.05, 3.63) is 46.6 Å². The first-order valence-corrected chi connectivity index (χ1v) is 10.2. The second-order valence-corrected chi connectivity index (χ2v) is 7.71. The number of aromatic nitrogens is 3. The van der Waals surface area contributed by atoms with E-state index < -0.39 is 0 Å². The van der Waals surface area contributed by atoms with Crippen LogP contribution >= 0.6 is 11.3 Å². The van der Waals surface area contributed by atoms with Crippen molar-refractivity contribution in [2.24, 2.45) is 0 Å². The van der Waals surface area contributed by atoms with Gasteiger partial charge in [-0.25, -0.2) is 4.98 Å². The summed E-state index contributed by atoms with van der Waals surface area (Å²) in [6.07, 6.45) is 1.75. The summed E-state index contributed by atoms with van der Waals surface area (Å²) in [5.41, 5.74) is 1.72. The second-order valence-electron chi connectivity index (χ2n) is 6.71. The lowest BCUT2D eigenvalue weighted by atomic mass is 10.2. The van der Waals surface area contributed by atoms with E-state index in [-0.39, 0.29) is 11.9 Å². The number of nitrogens with zero attached hydrogens (tertiary/aromatic N) is 4. The van der Waals surface area contributed by atoms with E-state index in [2.05, 4.69) is 15.2 Å². The molecular formula is C20H22N4O3S. The van der Waals surface area contributed by atoms with Crippen molar-refractivity contribution in [2.45, 2.75) is 39.7 Å². The van der Waals surface area contributed by atoms with Crippen molar-refractivity contribution in [1.29, 1.82) is 0 Å². The molecule has 28 heavy (non-hydrogen) atoms. The molecule has 3 aromatic rings. The van der Waals surface area contributed by atoms with E-state index in [4.69, 9.17) is 9.15 Å². The summed E-state index contributed by atoms with van der Waals surface area (Å²) >= 11 is 1.42. The van der Waals surface area contributed by atoms with Crippen LogP contribution in [0.5, 0.6) is 5.75 Å². The van der Waals surface area contributed by atoms with Crippen LogP contribution in [0.2, 0.25) is 0 Å². The predicted octanol–water partition coefficient (Wildman–Crippen LogP) is 4.19. The van der Waals surface area contributed by atoms with Crippen LogP contribution < -0.4 is 4.74 Å². The maximum Gasteiger partial charge on any atom is 0.266 e. The minimum Gasteiger partial charge on any atom is -0.494 e. The molecule has 1 aliphatic heterocycles. The van der Waals surface area contributed by atoms with Crippen molar-refractivity contribution < 1.29 is 13.9 Å². The van der Waals surface area contributed by atoms with Gasteiger partial charge in [0.25, 0.3) is 5.91 Å². The summed E-state index contributed by atoms with van der Waals surface area (Å²) < 4.78 is 11.1. The van der Waals surface area contributed by atoms with Gasteiger partial charge in [-0.05, 0) is 51.0 Å². The number of thiazole rings is 1. The number of ether oxygens (including phenoxy) is 1. The highest BCUT2D eigenvalue weighted by molar-refractivity contribution is 7.17. The molecule has 2 aromatic heterocycles. The summed E-state index contributed by atoms with van der Waals surface area (Å²) in [5.74, 6) is 1.83. The highest BCUT2D eigenvalue weighted by atomic mass is 32.1. The smallest absolute Gasteiger partial charge is 0.266 e. The average Bonchev–Trinajstić information content (AvgIpc) is 3.41. The Balaban J connectivity index is 1.58. The van der Waals surface area contributed by atoms with Crippen molar-refractivity contribution >= 4 is 17.2 Å². The zero-order valence-corrected chi connectivity index (χ0v) is 17.0. The molecule has 0 saturated carbocycles. The Morgan fingerprint density at radius 3 is 2.75 bits per heavy atom. The molecule has 8 heteroatoms. The Labute approximate surface area is 167 Å². The third-order valence-corrected chi connectivity index (χ3v) is 5.94. The fourth-order valence-corrected chi connectivity index (χ4v) is 4.45. The molecule has 0 radical (unpaired) electrons. The third kappa shape index (κ3) is 3.52. The first kappa shape index (κ1) is 18.6. The summed E-state index contributed by atoms with van der Waals surface area (Å²) in [6, 6.07) is 7.62. The molecule has 4 rings (SSSR count). The summed E-state index contributed by atoms with van der Waals surface area (Å²) in [4.78, 5) is 20.3. The maximum atomic E-state index is 13.2. The van der Waals surface area contributed by atoms with Crippen LogP contribution in [0.15, 0.2) is 28.7 Å². The highest BCUT2D eigenvalue weighted by Gasteiger charge is 2.35. The summed E-state index contributed by atoms with van der Waals surface area (Å²) in [7, 11) is 0. The Kier molecular flexibility index (Phi) is 5.13. The topological polar surface area (TPSA) is 81.4 Å². The lowest BCUT2D eigenvalue weighted by Gasteiger charge is -2.21. The van der Waals surface area contributed by atoms with E-state index >= 15 is 0 Å². The van der Waals surface area contributed by atoms with Gasteiger partial charge in [0.1, 0.15) is 21.7 Å². The molecule has 0 unspecified atom stereocenters. The Hall–Kier alpha value is -2.74. The molecule has 1 amide bonds. The number of carbonyl (C=O) groups excluding carboxylic acids is 1. The molecule has 7 nitrogen and oxygen atoms in total. The Bertz CT molecular complexity index is 980. The number of hydrogen-bond acceptors (Lipinski definition) is 7. The van der Waals surface area contributed by atoms with Gasteiger partial charge < -0.3 is 14.1 Å². The number of rotatable bonds is 5. The highest BCUT2D eigenvalue weighted by Crippen LogP contribution is 2.35. The summed E-state index contributed by atoms with van der Waals surface area (Å²) in [6.45, 7) is 6.90. The molecule has 0 aliphatic carbocycles. The summed E-state index contributed by atoms with van der Waals surface area (Å²) in [5, 5.41) is 8.85. The molecule has 0 bridgehead atoms. The molecule has 146 valence electrons. The monoisotopic (exact) mass is 398 g/mol. The third-order valence-electron chi connectivity index (χ3n) is 4.74. The van der Waals surface area contributed by atoms with Crippen LogP contribution in [0, 0.1) is 13.8 Å². The van der Waals surface area contributed by atoms with Gasteiger partial charge in [0.15, 0.2) is 0 Å². The van der Waals surface area contributed by atoms with Gasteiger partial charge in [0.05, 0.1) is 12.3 Å². The van der Waals surface area contributed by atoms with Crippen molar-refractivity contribution in [3.8, 4) is 16.3 Å².